The van der Waals surface area contributed by atoms with Crippen molar-refractivity contribution in [1.82, 2.24) is 20.1 Å². The molecule has 4 heterocycles. The van der Waals surface area contributed by atoms with Crippen molar-refractivity contribution in [3.63, 3.8) is 0 Å². The van der Waals surface area contributed by atoms with E-state index in [1.807, 2.05) is 6.20 Å². The van der Waals surface area contributed by atoms with Gasteiger partial charge in [-0.3, -0.25) is 14.5 Å². The SMILES string of the molecule is O=C(CN1CCc2ccc(C(F)(F)F)cc2C1=O)NC1CN(C2CCOCC2)C[C@@H]1OC1CCc2cc[nH]c21. The molecule has 11 heteroatoms. The van der Waals surface area contributed by atoms with Gasteiger partial charge in [-0.05, 0) is 61.4 Å². The van der Waals surface area contributed by atoms with Gasteiger partial charge in [0, 0.05) is 56.3 Å². The van der Waals surface area contributed by atoms with Crippen molar-refractivity contribution in [1.29, 1.82) is 0 Å². The summed E-state index contributed by atoms with van der Waals surface area (Å²) in [5, 5.41) is 3.10. The maximum Gasteiger partial charge on any atom is 0.416 e. The van der Waals surface area contributed by atoms with Crippen molar-refractivity contribution in [2.24, 2.45) is 0 Å². The van der Waals surface area contributed by atoms with Gasteiger partial charge >= 0.3 is 6.18 Å². The molecule has 0 radical (unpaired) electrons. The van der Waals surface area contributed by atoms with E-state index in [9.17, 15) is 22.8 Å². The minimum atomic E-state index is -4.54. The first-order valence-corrected chi connectivity index (χ1v) is 13.7. The molecule has 2 amide bonds. The van der Waals surface area contributed by atoms with Crippen LogP contribution in [0.5, 0.6) is 0 Å². The van der Waals surface area contributed by atoms with E-state index in [1.54, 1.807) is 0 Å². The summed E-state index contributed by atoms with van der Waals surface area (Å²) >= 11 is 0. The Morgan fingerprint density at radius 2 is 1.92 bits per heavy atom. The van der Waals surface area contributed by atoms with Crippen molar-refractivity contribution >= 4 is 11.8 Å². The van der Waals surface area contributed by atoms with Crippen molar-refractivity contribution in [2.75, 3.05) is 39.4 Å². The number of hydrogen-bond acceptors (Lipinski definition) is 5. The third kappa shape index (κ3) is 5.44. The molecule has 0 spiro atoms. The summed E-state index contributed by atoms with van der Waals surface area (Å²) in [7, 11) is 0. The zero-order valence-corrected chi connectivity index (χ0v) is 21.6. The highest BCUT2D eigenvalue weighted by atomic mass is 19.4. The summed E-state index contributed by atoms with van der Waals surface area (Å²) in [6.45, 7) is 2.83. The second kappa shape index (κ2) is 10.6. The van der Waals surface area contributed by atoms with Crippen LogP contribution in [0.15, 0.2) is 30.5 Å². The lowest BCUT2D eigenvalue weighted by atomic mass is 9.96. The molecule has 210 valence electrons. The number of carbonyl (C=O) groups excluding carboxylic acids is 2. The van der Waals surface area contributed by atoms with E-state index in [-0.39, 0.29) is 42.8 Å². The molecule has 1 aliphatic carbocycles. The molecule has 0 saturated carbocycles. The van der Waals surface area contributed by atoms with Gasteiger partial charge < -0.3 is 24.7 Å². The van der Waals surface area contributed by atoms with Crippen LogP contribution in [0, 0.1) is 0 Å². The molecule has 2 N–H and O–H groups in total. The van der Waals surface area contributed by atoms with Crippen LogP contribution in [0.2, 0.25) is 0 Å². The second-order valence-electron chi connectivity index (χ2n) is 10.9. The van der Waals surface area contributed by atoms with E-state index in [0.717, 1.165) is 43.5 Å². The second-order valence-corrected chi connectivity index (χ2v) is 10.9. The summed E-state index contributed by atoms with van der Waals surface area (Å²) < 4.78 is 51.8. The Kier molecular flexibility index (Phi) is 7.15. The van der Waals surface area contributed by atoms with Gasteiger partial charge in [0.15, 0.2) is 0 Å². The van der Waals surface area contributed by atoms with Gasteiger partial charge in [-0.2, -0.15) is 13.2 Å². The Morgan fingerprint density at radius 1 is 1.10 bits per heavy atom. The van der Waals surface area contributed by atoms with E-state index < -0.39 is 17.6 Å². The van der Waals surface area contributed by atoms with Gasteiger partial charge in [0.05, 0.1) is 30.4 Å². The predicted molar refractivity (Wildman–Crippen MR) is 135 cm³/mol. The fraction of sp³-hybridized carbons (Fsp3) is 0.571. The highest BCUT2D eigenvalue weighted by molar-refractivity contribution is 5.99. The van der Waals surface area contributed by atoms with Crippen LogP contribution < -0.4 is 5.32 Å². The zero-order chi connectivity index (χ0) is 27.1. The van der Waals surface area contributed by atoms with Crippen LogP contribution in [0.1, 0.15) is 58.1 Å². The lowest BCUT2D eigenvalue weighted by Crippen LogP contribution is -2.50. The van der Waals surface area contributed by atoms with Gasteiger partial charge in [-0.1, -0.05) is 6.07 Å². The number of carbonyl (C=O) groups is 2. The maximum atomic E-state index is 13.2. The highest BCUT2D eigenvalue weighted by Gasteiger charge is 2.41. The lowest BCUT2D eigenvalue weighted by Gasteiger charge is -2.31. The maximum absolute atomic E-state index is 13.2. The normalized spacial score (nSPS) is 26.1. The molecular formula is C28H33F3N4O4. The highest BCUT2D eigenvalue weighted by Crippen LogP contribution is 2.36. The van der Waals surface area contributed by atoms with Crippen molar-refractivity contribution in [3.05, 3.63) is 58.4 Å². The first kappa shape index (κ1) is 26.3. The molecule has 2 unspecified atom stereocenters. The third-order valence-corrected chi connectivity index (χ3v) is 8.49. The average Bonchev–Trinajstić information content (AvgIpc) is 3.64. The van der Waals surface area contributed by atoms with E-state index >= 15 is 0 Å². The molecular weight excluding hydrogens is 513 g/mol. The largest absolute Gasteiger partial charge is 0.416 e. The average molecular weight is 547 g/mol. The first-order valence-electron chi connectivity index (χ1n) is 13.7. The van der Waals surface area contributed by atoms with Crippen LogP contribution in [-0.4, -0.2) is 84.2 Å². The monoisotopic (exact) mass is 546 g/mol. The molecule has 2 aromatic rings. The van der Waals surface area contributed by atoms with Crippen molar-refractivity contribution < 1.29 is 32.2 Å². The fourth-order valence-electron chi connectivity index (χ4n) is 6.41. The molecule has 3 aliphatic heterocycles. The number of aromatic nitrogens is 1. The number of amides is 2. The van der Waals surface area contributed by atoms with Gasteiger partial charge in [0.1, 0.15) is 0 Å². The minimum Gasteiger partial charge on any atom is -0.381 e. The topological polar surface area (TPSA) is 86.9 Å². The first-order chi connectivity index (χ1) is 18.8. The minimum absolute atomic E-state index is 0.0135. The summed E-state index contributed by atoms with van der Waals surface area (Å²) in [5.74, 6) is -0.885. The molecule has 39 heavy (non-hydrogen) atoms. The number of aromatic amines is 1. The molecule has 1 aromatic carbocycles. The number of likely N-dealkylation sites (tertiary alicyclic amines) is 1. The van der Waals surface area contributed by atoms with E-state index in [0.29, 0.717) is 44.3 Å². The Bertz CT molecular complexity index is 1230. The van der Waals surface area contributed by atoms with Crippen molar-refractivity contribution in [2.45, 2.75) is 62.6 Å². The Balaban J connectivity index is 1.13. The smallest absolute Gasteiger partial charge is 0.381 e. The van der Waals surface area contributed by atoms with Crippen LogP contribution in [0.3, 0.4) is 0 Å². The molecule has 6 rings (SSSR count). The molecule has 3 atom stereocenters. The fourth-order valence-corrected chi connectivity index (χ4v) is 6.41. The van der Waals surface area contributed by atoms with E-state index in [1.165, 1.54) is 16.5 Å². The number of benzene rings is 1. The third-order valence-electron chi connectivity index (χ3n) is 8.49. The number of alkyl halides is 3. The quantitative estimate of drug-likeness (QED) is 0.582. The van der Waals surface area contributed by atoms with E-state index in [2.05, 4.69) is 21.3 Å². The lowest BCUT2D eigenvalue weighted by molar-refractivity contribution is -0.137. The van der Waals surface area contributed by atoms with Crippen LogP contribution >= 0.6 is 0 Å². The Morgan fingerprint density at radius 3 is 2.72 bits per heavy atom. The summed E-state index contributed by atoms with van der Waals surface area (Å²) in [4.78, 5) is 33.2. The van der Waals surface area contributed by atoms with Crippen LogP contribution in [0.4, 0.5) is 13.2 Å². The van der Waals surface area contributed by atoms with Crippen LogP contribution in [0.25, 0.3) is 0 Å². The number of nitrogens with one attached hydrogen (secondary N) is 2. The van der Waals surface area contributed by atoms with E-state index in [4.69, 9.17) is 9.47 Å². The summed E-state index contributed by atoms with van der Waals surface area (Å²) in [6, 6.07) is 5.43. The Hall–Kier alpha value is -2.89. The molecule has 4 aliphatic rings. The molecule has 2 fully saturated rings. The standard InChI is InChI=1S/C28H33F3N4O4/c29-28(30,31)19-3-1-17-6-10-34(27(37)21(17)13-19)16-25(36)33-22-14-35(20-7-11-38-12-8-20)15-24(22)39-23-4-2-18-5-9-32-26(18)23/h1,3,5,9,13,20,22-24,32H,2,4,6-8,10-12,14-16H2,(H,33,36)/t22?,23?,24-/m0/s1. The molecule has 0 bridgehead atoms. The Labute approximate surface area is 224 Å². The number of fused-ring (bicyclic) bond motifs is 2. The van der Waals surface area contributed by atoms with Gasteiger partial charge in [-0.25, -0.2) is 0 Å². The number of hydrogen-bond donors (Lipinski definition) is 2. The molecule has 8 nitrogen and oxygen atoms in total. The number of nitrogens with zero attached hydrogens (tertiary/aromatic N) is 2. The molecule has 2 saturated heterocycles. The number of H-pyrrole nitrogens is 1. The van der Waals surface area contributed by atoms with Gasteiger partial charge in [0.25, 0.3) is 5.91 Å². The van der Waals surface area contributed by atoms with Gasteiger partial charge in [0.2, 0.25) is 5.91 Å². The van der Waals surface area contributed by atoms with Crippen molar-refractivity contribution in [3.8, 4) is 0 Å². The zero-order valence-electron chi connectivity index (χ0n) is 21.6. The summed E-state index contributed by atoms with van der Waals surface area (Å²) in [5.41, 5.74) is 2.08. The number of rotatable bonds is 6. The number of ether oxygens (including phenoxy) is 2. The van der Waals surface area contributed by atoms with Crippen LogP contribution in [-0.2, 0) is 33.3 Å². The predicted octanol–water partition coefficient (Wildman–Crippen LogP) is 3.08. The summed E-state index contributed by atoms with van der Waals surface area (Å²) in [6.07, 6.45) is 1.21. The molecule has 1 aromatic heterocycles. The van der Waals surface area contributed by atoms with Gasteiger partial charge in [-0.15, -0.1) is 0 Å². The number of aryl methyl sites for hydroxylation is 1. The number of halogens is 3.